The molecule has 0 radical (unpaired) electrons. The average molecular weight is 339 g/mol. The molecule has 23 heavy (non-hydrogen) atoms. The number of nitrogens with one attached hydrogen (secondary N) is 1. The van der Waals surface area contributed by atoms with E-state index in [0.29, 0.717) is 11.3 Å². The molecule has 5 nitrogen and oxygen atoms in total. The van der Waals surface area contributed by atoms with Crippen molar-refractivity contribution >= 4 is 10.0 Å². The molecule has 0 spiro atoms. The third-order valence-corrected chi connectivity index (χ3v) is 4.93. The topological polar surface area (TPSA) is 64.6 Å². The van der Waals surface area contributed by atoms with Crippen LogP contribution in [-0.2, 0) is 10.0 Å². The monoisotopic (exact) mass is 339 g/mol. The van der Waals surface area contributed by atoms with Crippen LogP contribution in [0.15, 0.2) is 47.4 Å². The number of rotatable bonds is 6. The first-order chi connectivity index (χ1) is 10.9. The van der Waals surface area contributed by atoms with Crippen LogP contribution in [0.1, 0.15) is 18.5 Å². The average Bonchev–Trinajstić information content (AvgIpc) is 2.54. The fraction of sp³-hybridized carbons (Fsp3) is 0.250. The van der Waals surface area contributed by atoms with Crippen molar-refractivity contribution < 1.29 is 22.3 Å². The van der Waals surface area contributed by atoms with Gasteiger partial charge in [0.05, 0.1) is 14.2 Å². The van der Waals surface area contributed by atoms with E-state index in [2.05, 4.69) is 4.72 Å². The van der Waals surface area contributed by atoms with Crippen molar-refractivity contribution in [1.29, 1.82) is 0 Å². The van der Waals surface area contributed by atoms with Crippen LogP contribution in [0, 0.1) is 5.82 Å². The Kier molecular flexibility index (Phi) is 5.23. The van der Waals surface area contributed by atoms with Gasteiger partial charge in [-0.3, -0.25) is 0 Å². The van der Waals surface area contributed by atoms with Crippen LogP contribution in [0.5, 0.6) is 11.5 Å². The van der Waals surface area contributed by atoms with Gasteiger partial charge in [-0.15, -0.1) is 0 Å². The van der Waals surface area contributed by atoms with Gasteiger partial charge in [-0.1, -0.05) is 12.1 Å². The highest BCUT2D eigenvalue weighted by molar-refractivity contribution is 7.89. The Morgan fingerprint density at radius 1 is 1.04 bits per heavy atom. The molecule has 0 aliphatic rings. The maximum Gasteiger partial charge on any atom is 0.244 e. The second kappa shape index (κ2) is 6.97. The van der Waals surface area contributed by atoms with E-state index < -0.39 is 21.9 Å². The first kappa shape index (κ1) is 17.2. The fourth-order valence-corrected chi connectivity index (χ4v) is 3.64. The zero-order valence-electron chi connectivity index (χ0n) is 13.0. The largest absolute Gasteiger partial charge is 0.496 e. The van der Waals surface area contributed by atoms with Crippen molar-refractivity contribution in [2.24, 2.45) is 0 Å². The second-order valence-corrected chi connectivity index (χ2v) is 6.56. The van der Waals surface area contributed by atoms with E-state index in [1.54, 1.807) is 25.1 Å². The van der Waals surface area contributed by atoms with Gasteiger partial charge in [0.2, 0.25) is 10.0 Å². The minimum absolute atomic E-state index is 0.0183. The molecule has 1 N–H and O–H groups in total. The van der Waals surface area contributed by atoms with Crippen LogP contribution in [0.3, 0.4) is 0 Å². The molecule has 2 rings (SSSR count). The lowest BCUT2D eigenvalue weighted by molar-refractivity contribution is 0.400. The second-order valence-electron chi connectivity index (χ2n) is 4.88. The van der Waals surface area contributed by atoms with E-state index in [1.165, 1.54) is 38.5 Å². The van der Waals surface area contributed by atoms with Crippen LogP contribution >= 0.6 is 0 Å². The standard InChI is InChI=1S/C16H18FNO4S/c1-11(13-10-12(17)8-9-14(13)21-2)18-23(19,20)16-7-5-4-6-15(16)22-3/h4-11,18H,1-3H3. The van der Waals surface area contributed by atoms with E-state index in [1.807, 2.05) is 0 Å². The van der Waals surface area contributed by atoms with E-state index >= 15 is 0 Å². The molecule has 0 saturated carbocycles. The molecule has 0 fully saturated rings. The molecule has 0 amide bonds. The van der Waals surface area contributed by atoms with Gasteiger partial charge in [0, 0.05) is 11.6 Å². The highest BCUT2D eigenvalue weighted by atomic mass is 32.2. The van der Waals surface area contributed by atoms with E-state index in [-0.39, 0.29) is 10.6 Å². The summed E-state index contributed by atoms with van der Waals surface area (Å²) in [5.74, 6) is 0.171. The van der Waals surface area contributed by atoms with Gasteiger partial charge in [0.1, 0.15) is 22.2 Å². The SMILES string of the molecule is COc1ccc(F)cc1C(C)NS(=O)(=O)c1ccccc1OC. The molecule has 1 unspecified atom stereocenters. The van der Waals surface area contributed by atoms with Crippen molar-refractivity contribution in [3.63, 3.8) is 0 Å². The summed E-state index contributed by atoms with van der Waals surface area (Å²) < 4.78 is 51.3. The Morgan fingerprint density at radius 3 is 2.35 bits per heavy atom. The number of sulfonamides is 1. The molecular weight excluding hydrogens is 321 g/mol. The number of ether oxygens (including phenoxy) is 2. The van der Waals surface area contributed by atoms with Crippen LogP contribution in [0.25, 0.3) is 0 Å². The van der Waals surface area contributed by atoms with Gasteiger partial charge in [0.25, 0.3) is 0 Å². The van der Waals surface area contributed by atoms with Crippen molar-refractivity contribution in [2.45, 2.75) is 17.9 Å². The lowest BCUT2D eigenvalue weighted by atomic mass is 10.1. The maximum absolute atomic E-state index is 13.5. The molecule has 2 aromatic rings. The molecule has 124 valence electrons. The van der Waals surface area contributed by atoms with Crippen LogP contribution in [-0.4, -0.2) is 22.6 Å². The molecule has 0 heterocycles. The minimum atomic E-state index is -3.84. The number of methoxy groups -OCH3 is 2. The van der Waals surface area contributed by atoms with Crippen molar-refractivity contribution in [1.82, 2.24) is 4.72 Å². The van der Waals surface area contributed by atoms with Gasteiger partial charge in [0.15, 0.2) is 0 Å². The van der Waals surface area contributed by atoms with E-state index in [9.17, 15) is 12.8 Å². The Bertz CT molecular complexity index is 792. The highest BCUT2D eigenvalue weighted by Crippen LogP contribution is 2.29. The third-order valence-electron chi connectivity index (χ3n) is 3.35. The summed E-state index contributed by atoms with van der Waals surface area (Å²) in [5.41, 5.74) is 0.408. The van der Waals surface area contributed by atoms with Crippen LogP contribution < -0.4 is 14.2 Å². The summed E-state index contributed by atoms with van der Waals surface area (Å²) in [7, 11) is -1.00. The quantitative estimate of drug-likeness (QED) is 0.879. The van der Waals surface area contributed by atoms with Gasteiger partial charge in [-0.05, 0) is 37.3 Å². The molecule has 0 aliphatic heterocycles. The zero-order valence-corrected chi connectivity index (χ0v) is 13.9. The Hall–Kier alpha value is -2.12. The van der Waals surface area contributed by atoms with Gasteiger partial charge >= 0.3 is 0 Å². The Balaban J connectivity index is 2.36. The van der Waals surface area contributed by atoms with Crippen LogP contribution in [0.2, 0.25) is 0 Å². The summed E-state index contributed by atoms with van der Waals surface area (Å²) in [5, 5.41) is 0. The van der Waals surface area contributed by atoms with Crippen LogP contribution in [0.4, 0.5) is 4.39 Å². The first-order valence-corrected chi connectivity index (χ1v) is 8.36. The minimum Gasteiger partial charge on any atom is -0.496 e. The van der Waals surface area contributed by atoms with Gasteiger partial charge in [-0.2, -0.15) is 0 Å². The predicted octanol–water partition coefficient (Wildman–Crippen LogP) is 2.88. The molecule has 0 saturated heterocycles. The highest BCUT2D eigenvalue weighted by Gasteiger charge is 2.23. The number of benzene rings is 2. The lowest BCUT2D eigenvalue weighted by Gasteiger charge is -2.18. The number of hydrogen-bond donors (Lipinski definition) is 1. The van der Waals surface area contributed by atoms with Crippen molar-refractivity contribution in [2.75, 3.05) is 14.2 Å². The molecule has 2 aromatic carbocycles. The normalized spacial score (nSPS) is 12.7. The van der Waals surface area contributed by atoms with Gasteiger partial charge in [-0.25, -0.2) is 17.5 Å². The number of halogens is 1. The summed E-state index contributed by atoms with van der Waals surface area (Å²) in [6.45, 7) is 1.62. The molecule has 1 atom stereocenters. The Morgan fingerprint density at radius 2 is 1.70 bits per heavy atom. The van der Waals surface area contributed by atoms with E-state index in [4.69, 9.17) is 9.47 Å². The van der Waals surface area contributed by atoms with Crippen molar-refractivity contribution in [3.05, 3.63) is 53.8 Å². The van der Waals surface area contributed by atoms with E-state index in [0.717, 1.165) is 0 Å². The molecule has 0 bridgehead atoms. The Labute approximate surface area is 135 Å². The first-order valence-electron chi connectivity index (χ1n) is 6.88. The summed E-state index contributed by atoms with van der Waals surface area (Å²) in [6, 6.07) is 9.55. The number of hydrogen-bond acceptors (Lipinski definition) is 4. The third kappa shape index (κ3) is 3.80. The smallest absolute Gasteiger partial charge is 0.244 e. The zero-order chi connectivity index (χ0) is 17.0. The molecule has 0 aliphatic carbocycles. The number of para-hydroxylation sites is 1. The summed E-state index contributed by atoms with van der Waals surface area (Å²) >= 11 is 0. The molecule has 0 aromatic heterocycles. The summed E-state index contributed by atoms with van der Waals surface area (Å²) in [4.78, 5) is 0.0183. The molecular formula is C16H18FNO4S. The van der Waals surface area contributed by atoms with Crippen molar-refractivity contribution in [3.8, 4) is 11.5 Å². The molecule has 7 heteroatoms. The maximum atomic E-state index is 13.5. The fourth-order valence-electron chi connectivity index (χ4n) is 2.24. The summed E-state index contributed by atoms with van der Waals surface area (Å²) in [6.07, 6.45) is 0. The lowest BCUT2D eigenvalue weighted by Crippen LogP contribution is -2.27. The predicted molar refractivity (Wildman–Crippen MR) is 84.7 cm³/mol. The van der Waals surface area contributed by atoms with Gasteiger partial charge < -0.3 is 9.47 Å².